The van der Waals surface area contributed by atoms with Gasteiger partial charge in [-0.25, -0.2) is 4.79 Å². The van der Waals surface area contributed by atoms with Gasteiger partial charge in [-0.3, -0.25) is 43.3 Å². The Hall–Kier alpha value is -7.88. The first kappa shape index (κ1) is 55.1. The molecule has 0 saturated carbocycles. The van der Waals surface area contributed by atoms with Crippen LogP contribution in [0.3, 0.4) is 0 Å². The number of hydrogen-bond acceptors (Lipinski definition) is 11. The van der Waals surface area contributed by atoms with E-state index >= 15 is 0 Å². The Morgan fingerprint density at radius 1 is 0.625 bits per heavy atom. The van der Waals surface area contributed by atoms with Crippen molar-refractivity contribution in [3.63, 3.8) is 0 Å². The van der Waals surface area contributed by atoms with E-state index in [4.69, 9.17) is 17.2 Å². The molecule has 72 heavy (non-hydrogen) atoms. The van der Waals surface area contributed by atoms with Gasteiger partial charge in [-0.15, -0.1) is 0 Å². The summed E-state index contributed by atoms with van der Waals surface area (Å²) in [6.45, 7) is 2.30. The van der Waals surface area contributed by atoms with Crippen molar-refractivity contribution in [1.82, 2.24) is 42.1 Å². The number of amides is 8. The number of primary amides is 1. The van der Waals surface area contributed by atoms with Gasteiger partial charge >= 0.3 is 5.97 Å². The first-order valence-corrected chi connectivity index (χ1v) is 24.0. The number of carboxylic acids is 1. The number of nitrogens with zero attached hydrogens (tertiary/aromatic N) is 2. The number of nitrogens with one attached hydrogen (secondary N) is 7. The number of carboxylic acid groups (broad SMARTS) is 1. The number of hydrogen-bond donors (Lipinski definition) is 11. The van der Waals surface area contributed by atoms with Crippen LogP contribution in [0.15, 0.2) is 96.0 Å². The average Bonchev–Trinajstić information content (AvgIpc) is 4.09. The van der Waals surface area contributed by atoms with Gasteiger partial charge in [-0.05, 0) is 68.7 Å². The Labute approximate surface area is 417 Å². The second-order valence-electron chi connectivity index (χ2n) is 17.9. The monoisotopic (exact) mass is 995 g/mol. The summed E-state index contributed by atoms with van der Waals surface area (Å²) in [5, 5.41) is 28.8. The highest BCUT2D eigenvalue weighted by molar-refractivity contribution is 5.99. The highest BCUT2D eigenvalue weighted by atomic mass is 16.4. The van der Waals surface area contributed by atoms with Gasteiger partial charge in [0, 0.05) is 32.4 Å². The van der Waals surface area contributed by atoms with Crippen LogP contribution in [0, 0.1) is 0 Å². The Bertz CT molecular complexity index is 2380. The van der Waals surface area contributed by atoms with E-state index in [9.17, 15) is 48.3 Å². The zero-order chi connectivity index (χ0) is 52.2. The molecule has 0 aromatic heterocycles. The molecule has 386 valence electrons. The summed E-state index contributed by atoms with van der Waals surface area (Å²) in [6, 6.07) is 16.5. The molecule has 2 aliphatic rings. The number of carbonyl (C=O) groups is 9. The minimum atomic E-state index is -1.67. The molecule has 22 nitrogen and oxygen atoms in total. The van der Waals surface area contributed by atoms with Crippen LogP contribution < -0.4 is 54.4 Å². The average molecular weight is 995 g/mol. The van der Waals surface area contributed by atoms with Crippen molar-refractivity contribution >= 4 is 59.2 Å². The van der Waals surface area contributed by atoms with Crippen LogP contribution in [-0.2, 0) is 62.4 Å². The predicted octanol–water partition coefficient (Wildman–Crippen LogP) is -1.60. The first-order valence-electron chi connectivity index (χ1n) is 24.0. The molecular formula is C50H66N12O10. The molecule has 0 bridgehead atoms. The van der Waals surface area contributed by atoms with Crippen molar-refractivity contribution in [2.45, 2.75) is 119 Å². The van der Waals surface area contributed by atoms with Crippen LogP contribution in [0.2, 0.25) is 0 Å². The maximum Gasteiger partial charge on any atom is 0.326 e. The smallest absolute Gasteiger partial charge is 0.326 e. The van der Waals surface area contributed by atoms with E-state index in [1.54, 1.807) is 91.0 Å². The molecule has 22 heteroatoms. The quantitative estimate of drug-likeness (QED) is 0.0246. The predicted molar refractivity (Wildman–Crippen MR) is 265 cm³/mol. The minimum absolute atomic E-state index is 0.00958. The first-order chi connectivity index (χ1) is 34.5. The molecule has 2 saturated heterocycles. The molecule has 5 rings (SSSR count). The fourth-order valence-electron chi connectivity index (χ4n) is 8.51. The number of aliphatic carboxylic acids is 1. The fourth-order valence-corrected chi connectivity index (χ4v) is 8.51. The van der Waals surface area contributed by atoms with Crippen molar-refractivity contribution in [3.05, 3.63) is 108 Å². The van der Waals surface area contributed by atoms with Crippen LogP contribution in [0.5, 0.6) is 0 Å². The van der Waals surface area contributed by atoms with Crippen molar-refractivity contribution in [1.29, 1.82) is 0 Å². The largest absolute Gasteiger partial charge is 0.480 e. The highest BCUT2D eigenvalue weighted by Crippen LogP contribution is 2.20. The van der Waals surface area contributed by atoms with Crippen molar-refractivity contribution in [2.24, 2.45) is 22.2 Å². The second kappa shape index (κ2) is 27.5. The van der Waals surface area contributed by atoms with Gasteiger partial charge in [0.2, 0.25) is 47.3 Å². The van der Waals surface area contributed by atoms with E-state index in [1.807, 2.05) is 0 Å². The van der Waals surface area contributed by atoms with Crippen molar-refractivity contribution in [3.8, 4) is 0 Å². The number of likely N-dealkylation sites (tertiary alicyclic amines) is 1. The third-order valence-corrected chi connectivity index (χ3v) is 12.3. The van der Waals surface area contributed by atoms with Gasteiger partial charge in [0.05, 0.1) is 12.5 Å². The molecule has 0 radical (unpaired) electrons. The molecule has 2 fully saturated rings. The third-order valence-electron chi connectivity index (χ3n) is 12.3. The summed E-state index contributed by atoms with van der Waals surface area (Å²) in [4.78, 5) is 127. The van der Waals surface area contributed by atoms with Crippen LogP contribution in [0.25, 0.3) is 0 Å². The van der Waals surface area contributed by atoms with Gasteiger partial charge < -0.3 is 64.4 Å². The summed E-state index contributed by atoms with van der Waals surface area (Å²) >= 11 is 0. The molecule has 14 N–H and O–H groups in total. The Morgan fingerprint density at radius 3 is 1.60 bits per heavy atom. The van der Waals surface area contributed by atoms with E-state index in [2.05, 4.69) is 42.2 Å². The molecule has 8 amide bonds. The summed E-state index contributed by atoms with van der Waals surface area (Å²) in [5.41, 5.74) is 18.5. The van der Waals surface area contributed by atoms with Gasteiger partial charge in [-0.1, -0.05) is 91.0 Å². The van der Waals surface area contributed by atoms with Crippen LogP contribution in [-0.4, -0.2) is 137 Å². The van der Waals surface area contributed by atoms with Crippen molar-refractivity contribution in [2.75, 3.05) is 19.6 Å². The lowest BCUT2D eigenvalue weighted by Crippen LogP contribution is -2.60. The maximum absolute atomic E-state index is 14.5. The lowest BCUT2D eigenvalue weighted by molar-refractivity contribution is -0.149. The lowest BCUT2D eigenvalue weighted by atomic mass is 10.0. The van der Waals surface area contributed by atoms with E-state index in [1.165, 1.54) is 11.8 Å². The summed E-state index contributed by atoms with van der Waals surface area (Å²) in [5.74, 6) is -7.52. The van der Waals surface area contributed by atoms with E-state index in [-0.39, 0.29) is 51.2 Å². The number of benzene rings is 3. The van der Waals surface area contributed by atoms with Crippen molar-refractivity contribution < 1.29 is 48.3 Å². The van der Waals surface area contributed by atoms with Crippen LogP contribution in [0.4, 0.5) is 0 Å². The van der Waals surface area contributed by atoms with Gasteiger partial charge in [0.25, 0.3) is 0 Å². The van der Waals surface area contributed by atoms with Crippen LogP contribution in [0.1, 0.15) is 68.6 Å². The highest BCUT2D eigenvalue weighted by Gasteiger charge is 2.39. The molecular weight excluding hydrogens is 929 g/mol. The molecule has 0 unspecified atom stereocenters. The topological polar surface area (TPSA) is 352 Å². The Kier molecular flexibility index (Phi) is 21.0. The summed E-state index contributed by atoms with van der Waals surface area (Å²) in [7, 11) is 0. The molecule has 3 aromatic rings. The number of guanidine groups is 1. The molecule has 8 atom stereocenters. The lowest BCUT2D eigenvalue weighted by Gasteiger charge is -2.29. The zero-order valence-electron chi connectivity index (χ0n) is 40.2. The Morgan fingerprint density at radius 2 is 1.11 bits per heavy atom. The van der Waals surface area contributed by atoms with Gasteiger partial charge in [-0.2, -0.15) is 0 Å². The molecule has 2 aliphatic heterocycles. The number of aliphatic imine (C=N–C) groups is 1. The second-order valence-corrected chi connectivity index (χ2v) is 17.9. The normalized spacial score (nSPS) is 17.6. The standard InChI is InChI=1S/C50H66N12O10/c1-30(42(64)61-39(28-33-18-9-4-10-19-33)48(70)62-25-13-22-40(62)49(71)72)56-45(67)38(29-41(51)63)60-47(69)37(27-32-16-7-3-8-17-32)59-46(68)36(26-31-14-5-2-6-15-31)58-44(66)35(21-12-24-55-50(52)53)57-43(65)34-20-11-23-54-34/h2-10,14-19,30,34-40,54H,11-13,20-29H2,1H3,(H2,51,63)(H,56,67)(H,57,65)(H,58,66)(H,59,68)(H,60,69)(H,61,64)(H,71,72)(H4,52,53,55)/t30-,34-,35-,36-,37+,38-,39-,40+/m0/s1. The van der Waals surface area contributed by atoms with Crippen LogP contribution >= 0.6 is 0 Å². The van der Waals surface area contributed by atoms with Gasteiger partial charge in [0.15, 0.2) is 5.96 Å². The molecule has 3 aromatic carbocycles. The molecule has 2 heterocycles. The molecule has 0 spiro atoms. The van der Waals surface area contributed by atoms with E-state index in [0.29, 0.717) is 42.5 Å². The summed E-state index contributed by atoms with van der Waals surface area (Å²) < 4.78 is 0. The number of nitrogens with two attached hydrogens (primary N) is 3. The molecule has 0 aliphatic carbocycles. The van der Waals surface area contributed by atoms with E-state index < -0.39 is 108 Å². The maximum atomic E-state index is 14.5. The summed E-state index contributed by atoms with van der Waals surface area (Å²) in [6.07, 6.45) is 1.59. The Balaban J connectivity index is 1.34. The number of rotatable bonds is 26. The van der Waals surface area contributed by atoms with E-state index in [0.717, 1.165) is 6.42 Å². The van der Waals surface area contributed by atoms with Gasteiger partial charge in [0.1, 0.15) is 42.3 Å². The SMILES string of the molecule is C[C@H](NC(=O)[C@H](CC(N)=O)NC(=O)[C@@H](Cc1ccccc1)NC(=O)[C@H](Cc1ccccc1)NC(=O)[C@H](CCCN=C(N)N)NC(=O)[C@@H]1CCCN1)C(=O)N[C@@H](Cc1ccccc1)C(=O)N1CCC[C@@H]1C(=O)O. The third kappa shape index (κ3) is 17.2. The number of carbonyl (C=O) groups excluding carboxylic acids is 8. The zero-order valence-corrected chi connectivity index (χ0v) is 40.2. The fraction of sp³-hybridized carbons (Fsp3) is 0.440. The minimum Gasteiger partial charge on any atom is -0.480 e.